The fourth-order valence-corrected chi connectivity index (χ4v) is 1.26. The van der Waals surface area contributed by atoms with E-state index in [9.17, 15) is 4.79 Å². The third-order valence-electron chi connectivity index (χ3n) is 2.11. The minimum atomic E-state index is -0.211. The van der Waals surface area contributed by atoms with E-state index in [0.29, 0.717) is 11.3 Å². The summed E-state index contributed by atoms with van der Waals surface area (Å²) in [5.41, 5.74) is 6.48. The van der Waals surface area contributed by atoms with Gasteiger partial charge in [0.1, 0.15) is 0 Å². The van der Waals surface area contributed by atoms with E-state index in [1.807, 2.05) is 0 Å². The van der Waals surface area contributed by atoms with Crippen LogP contribution in [-0.4, -0.2) is 40.4 Å². The average Bonchev–Trinajstić information content (AvgIpc) is 2.28. The molecule has 0 saturated heterocycles. The summed E-state index contributed by atoms with van der Waals surface area (Å²) >= 11 is 0. The molecule has 3 N–H and O–H groups in total. The zero-order chi connectivity index (χ0) is 12.1. The predicted octanol–water partition coefficient (Wildman–Crippen LogP) is 0.208. The largest absolute Gasteiger partial charge is 0.409 e. The van der Waals surface area contributed by atoms with Crippen LogP contribution in [0.25, 0.3) is 0 Å². The van der Waals surface area contributed by atoms with Gasteiger partial charge in [0, 0.05) is 18.9 Å². The van der Waals surface area contributed by atoms with Crippen molar-refractivity contribution in [3.05, 3.63) is 29.6 Å². The van der Waals surface area contributed by atoms with E-state index in [2.05, 4.69) is 10.1 Å². The lowest BCUT2D eigenvalue weighted by atomic mass is 10.2. The van der Waals surface area contributed by atoms with Crippen LogP contribution >= 0.6 is 0 Å². The number of amidine groups is 1. The van der Waals surface area contributed by atoms with E-state index in [1.165, 1.54) is 4.90 Å². The lowest BCUT2D eigenvalue weighted by Gasteiger charge is -2.16. The molecule has 0 bridgehead atoms. The van der Waals surface area contributed by atoms with Crippen LogP contribution in [-0.2, 0) is 0 Å². The Bertz CT molecular complexity index is 417. The number of likely N-dealkylation sites (N-methyl/N-ethyl adjacent to an activating group) is 1. The van der Waals surface area contributed by atoms with Gasteiger partial charge < -0.3 is 15.8 Å². The molecule has 0 saturated carbocycles. The van der Waals surface area contributed by atoms with Gasteiger partial charge in [0.15, 0.2) is 5.84 Å². The van der Waals surface area contributed by atoms with E-state index in [4.69, 9.17) is 10.9 Å². The maximum Gasteiger partial charge on any atom is 0.255 e. The Morgan fingerprint density at radius 1 is 1.69 bits per heavy atom. The van der Waals surface area contributed by atoms with Crippen LogP contribution in [0.1, 0.15) is 16.1 Å². The summed E-state index contributed by atoms with van der Waals surface area (Å²) in [4.78, 5) is 17.3. The second-order valence-corrected chi connectivity index (χ2v) is 3.39. The maximum atomic E-state index is 11.9. The summed E-state index contributed by atoms with van der Waals surface area (Å²) in [5, 5.41) is 11.2. The highest BCUT2D eigenvalue weighted by Gasteiger charge is 2.15. The number of nitrogens with two attached hydrogens (primary N) is 1. The number of carbonyl (C=O) groups excluding carboxylic acids is 1. The molecule has 6 nitrogen and oxygen atoms in total. The lowest BCUT2D eigenvalue weighted by Crippen LogP contribution is -2.35. The zero-order valence-electron chi connectivity index (χ0n) is 9.21. The highest BCUT2D eigenvalue weighted by atomic mass is 16.4. The van der Waals surface area contributed by atoms with E-state index in [-0.39, 0.29) is 18.3 Å². The van der Waals surface area contributed by atoms with Crippen molar-refractivity contribution in [3.63, 3.8) is 0 Å². The zero-order valence-corrected chi connectivity index (χ0v) is 9.21. The molecule has 86 valence electrons. The highest BCUT2D eigenvalue weighted by molar-refractivity contribution is 5.97. The third kappa shape index (κ3) is 2.69. The van der Waals surface area contributed by atoms with Gasteiger partial charge in [-0.1, -0.05) is 5.16 Å². The third-order valence-corrected chi connectivity index (χ3v) is 2.11. The lowest BCUT2D eigenvalue weighted by molar-refractivity contribution is 0.0812. The molecule has 0 radical (unpaired) electrons. The number of aromatic nitrogens is 1. The van der Waals surface area contributed by atoms with Gasteiger partial charge >= 0.3 is 0 Å². The van der Waals surface area contributed by atoms with Gasteiger partial charge in [-0.25, -0.2) is 0 Å². The van der Waals surface area contributed by atoms with Crippen LogP contribution in [0.4, 0.5) is 0 Å². The van der Waals surface area contributed by atoms with Crippen LogP contribution in [0.5, 0.6) is 0 Å². The summed E-state index contributed by atoms with van der Waals surface area (Å²) in [6, 6.07) is 3.38. The molecule has 6 heteroatoms. The number of hydrogen-bond acceptors (Lipinski definition) is 4. The van der Waals surface area contributed by atoms with Crippen molar-refractivity contribution in [2.24, 2.45) is 10.9 Å². The molecule has 1 aromatic rings. The molecule has 1 heterocycles. The first kappa shape index (κ1) is 12.0. The minimum absolute atomic E-state index is 0.0163. The van der Waals surface area contributed by atoms with Crippen molar-refractivity contribution in [1.29, 1.82) is 0 Å². The number of aryl methyl sites for hydroxylation is 1. The van der Waals surface area contributed by atoms with Crippen LogP contribution in [0.3, 0.4) is 0 Å². The number of pyridine rings is 1. The van der Waals surface area contributed by atoms with Crippen molar-refractivity contribution in [1.82, 2.24) is 9.88 Å². The van der Waals surface area contributed by atoms with Crippen molar-refractivity contribution < 1.29 is 10.0 Å². The quantitative estimate of drug-likeness (QED) is 0.331. The summed E-state index contributed by atoms with van der Waals surface area (Å²) in [6.45, 7) is 1.83. The van der Waals surface area contributed by atoms with Crippen molar-refractivity contribution >= 4 is 11.7 Å². The first-order valence-corrected chi connectivity index (χ1v) is 4.69. The monoisotopic (exact) mass is 222 g/mol. The summed E-state index contributed by atoms with van der Waals surface area (Å²) in [6.07, 6.45) is 1.62. The molecule has 0 aromatic carbocycles. The van der Waals surface area contributed by atoms with Crippen LogP contribution < -0.4 is 5.73 Å². The van der Waals surface area contributed by atoms with E-state index in [0.717, 1.165) is 0 Å². The highest BCUT2D eigenvalue weighted by Crippen LogP contribution is 2.06. The Kier molecular flexibility index (Phi) is 3.82. The molecule has 0 aliphatic heterocycles. The van der Waals surface area contributed by atoms with Gasteiger partial charge in [0.05, 0.1) is 12.1 Å². The normalized spacial score (nSPS) is 11.2. The average molecular weight is 222 g/mol. The van der Waals surface area contributed by atoms with Gasteiger partial charge in [0.2, 0.25) is 0 Å². The number of hydrogen-bond donors (Lipinski definition) is 2. The fraction of sp³-hybridized carbons (Fsp3) is 0.300. The van der Waals surface area contributed by atoms with Crippen LogP contribution in [0.15, 0.2) is 23.5 Å². The van der Waals surface area contributed by atoms with Gasteiger partial charge in [-0.15, -0.1) is 0 Å². The second-order valence-electron chi connectivity index (χ2n) is 3.39. The predicted molar refractivity (Wildman–Crippen MR) is 59.3 cm³/mol. The summed E-state index contributed by atoms with van der Waals surface area (Å²) in [5.74, 6) is -0.227. The Morgan fingerprint density at radius 2 is 2.38 bits per heavy atom. The van der Waals surface area contributed by atoms with Crippen molar-refractivity contribution in [3.8, 4) is 0 Å². The smallest absolute Gasteiger partial charge is 0.255 e. The molecule has 0 aliphatic rings. The van der Waals surface area contributed by atoms with Crippen molar-refractivity contribution in [2.75, 3.05) is 13.6 Å². The Balaban J connectivity index is 2.83. The molecular weight excluding hydrogens is 208 g/mol. The van der Waals surface area contributed by atoms with E-state index in [1.54, 1.807) is 32.3 Å². The number of carbonyl (C=O) groups is 1. The standard InChI is InChI=1S/C10H14N4O2/c1-7-8(4-3-5-12-7)10(15)14(2)6-9(11)13-16/h3-5,16H,6H2,1-2H3,(H2,11,13). The molecule has 16 heavy (non-hydrogen) atoms. The molecule has 0 spiro atoms. The summed E-state index contributed by atoms with van der Waals surface area (Å²) < 4.78 is 0. The Labute approximate surface area is 93.4 Å². The van der Waals surface area contributed by atoms with Crippen LogP contribution in [0.2, 0.25) is 0 Å². The minimum Gasteiger partial charge on any atom is -0.409 e. The topological polar surface area (TPSA) is 91.8 Å². The second kappa shape index (κ2) is 5.11. The molecule has 1 rings (SSSR count). The number of oxime groups is 1. The number of rotatable bonds is 3. The molecule has 0 aliphatic carbocycles. The van der Waals surface area contributed by atoms with Gasteiger partial charge in [-0.3, -0.25) is 9.78 Å². The van der Waals surface area contributed by atoms with E-state index >= 15 is 0 Å². The first-order valence-electron chi connectivity index (χ1n) is 4.69. The number of nitrogens with zero attached hydrogens (tertiary/aromatic N) is 3. The fourth-order valence-electron chi connectivity index (χ4n) is 1.26. The Hall–Kier alpha value is -2.11. The van der Waals surface area contributed by atoms with Crippen molar-refractivity contribution in [2.45, 2.75) is 6.92 Å². The summed E-state index contributed by atoms with van der Waals surface area (Å²) in [7, 11) is 1.58. The SMILES string of the molecule is Cc1ncccc1C(=O)N(C)CC(N)=NO. The molecular formula is C10H14N4O2. The van der Waals surface area contributed by atoms with E-state index < -0.39 is 0 Å². The first-order chi connectivity index (χ1) is 7.56. The molecule has 0 atom stereocenters. The molecule has 0 unspecified atom stereocenters. The van der Waals surface area contributed by atoms with Gasteiger partial charge in [0.25, 0.3) is 5.91 Å². The Morgan fingerprint density at radius 3 is 2.94 bits per heavy atom. The van der Waals surface area contributed by atoms with Crippen LogP contribution in [0, 0.1) is 6.92 Å². The molecule has 1 aromatic heterocycles. The number of amides is 1. The maximum absolute atomic E-state index is 11.9. The molecule has 0 fully saturated rings. The molecule has 1 amide bonds. The van der Waals surface area contributed by atoms with Gasteiger partial charge in [-0.05, 0) is 19.1 Å². The van der Waals surface area contributed by atoms with Gasteiger partial charge in [-0.2, -0.15) is 0 Å².